The summed E-state index contributed by atoms with van der Waals surface area (Å²) in [7, 11) is 0. The van der Waals surface area contributed by atoms with Gasteiger partial charge in [0.2, 0.25) is 0 Å². The van der Waals surface area contributed by atoms with Gasteiger partial charge in [0.25, 0.3) is 0 Å². The first-order chi connectivity index (χ1) is 10.3. The molecule has 2 aromatic rings. The van der Waals surface area contributed by atoms with Crippen LogP contribution in [0.15, 0.2) is 42.5 Å². The first kappa shape index (κ1) is 14.0. The van der Waals surface area contributed by atoms with E-state index in [2.05, 4.69) is 5.32 Å². The lowest BCUT2D eigenvalue weighted by Gasteiger charge is -2.11. The predicted octanol–water partition coefficient (Wildman–Crippen LogP) is 3.36. The fraction of sp³-hybridized carbons (Fsp3) is 0.294. The molecule has 0 unspecified atom stereocenters. The number of aliphatic hydroxyl groups excluding tert-OH is 1. The van der Waals surface area contributed by atoms with Crippen molar-refractivity contribution in [3.8, 4) is 11.5 Å². The highest BCUT2D eigenvalue weighted by Crippen LogP contribution is 2.28. The van der Waals surface area contributed by atoms with Crippen LogP contribution in [0, 0.1) is 5.82 Å². The molecule has 1 aliphatic carbocycles. The molecular formula is C17H18FNO2. The van der Waals surface area contributed by atoms with Gasteiger partial charge in [-0.25, -0.2) is 4.39 Å². The second kappa shape index (κ2) is 6.24. The van der Waals surface area contributed by atoms with E-state index >= 15 is 0 Å². The van der Waals surface area contributed by atoms with Crippen molar-refractivity contribution in [1.82, 2.24) is 5.32 Å². The van der Waals surface area contributed by atoms with Crippen LogP contribution in [-0.4, -0.2) is 11.1 Å². The van der Waals surface area contributed by atoms with Gasteiger partial charge in [-0.3, -0.25) is 0 Å². The molecule has 0 radical (unpaired) electrons. The minimum Gasteiger partial charge on any atom is -0.454 e. The number of nitrogens with one attached hydrogen (secondary N) is 1. The van der Waals surface area contributed by atoms with Gasteiger partial charge in [-0.15, -0.1) is 0 Å². The van der Waals surface area contributed by atoms with Gasteiger partial charge in [-0.2, -0.15) is 0 Å². The molecule has 0 heterocycles. The lowest BCUT2D eigenvalue weighted by molar-refractivity contribution is 0.276. The Morgan fingerprint density at radius 3 is 2.67 bits per heavy atom. The van der Waals surface area contributed by atoms with Crippen LogP contribution in [-0.2, 0) is 13.2 Å². The third-order valence-electron chi connectivity index (χ3n) is 3.53. The number of aliphatic hydroxyl groups is 1. The molecule has 21 heavy (non-hydrogen) atoms. The summed E-state index contributed by atoms with van der Waals surface area (Å²) in [4.78, 5) is 0. The molecular weight excluding hydrogens is 269 g/mol. The first-order valence-electron chi connectivity index (χ1n) is 7.14. The van der Waals surface area contributed by atoms with Gasteiger partial charge in [0.1, 0.15) is 5.75 Å². The Kier molecular flexibility index (Phi) is 4.18. The highest BCUT2D eigenvalue weighted by Gasteiger charge is 2.20. The van der Waals surface area contributed by atoms with E-state index in [0.717, 1.165) is 5.56 Å². The first-order valence-corrected chi connectivity index (χ1v) is 7.14. The Morgan fingerprint density at radius 2 is 1.95 bits per heavy atom. The molecule has 1 aliphatic rings. The highest BCUT2D eigenvalue weighted by atomic mass is 19.1. The molecule has 3 nitrogen and oxygen atoms in total. The van der Waals surface area contributed by atoms with Gasteiger partial charge in [0.05, 0.1) is 6.61 Å². The van der Waals surface area contributed by atoms with Crippen LogP contribution in [0.25, 0.3) is 0 Å². The number of halogens is 1. The average molecular weight is 287 g/mol. The normalized spacial score (nSPS) is 14.2. The molecule has 0 aromatic heterocycles. The maximum Gasteiger partial charge on any atom is 0.166 e. The van der Waals surface area contributed by atoms with Crippen molar-refractivity contribution in [3.63, 3.8) is 0 Å². The summed E-state index contributed by atoms with van der Waals surface area (Å²) in [6.07, 6.45) is 2.42. The average Bonchev–Trinajstić information content (AvgIpc) is 3.32. The van der Waals surface area contributed by atoms with Crippen LogP contribution < -0.4 is 10.1 Å². The summed E-state index contributed by atoms with van der Waals surface area (Å²) < 4.78 is 19.7. The Morgan fingerprint density at radius 1 is 1.14 bits per heavy atom. The third-order valence-corrected chi connectivity index (χ3v) is 3.53. The van der Waals surface area contributed by atoms with Gasteiger partial charge in [0.15, 0.2) is 11.6 Å². The summed E-state index contributed by atoms with van der Waals surface area (Å²) in [6.45, 7) is 0.538. The van der Waals surface area contributed by atoms with E-state index in [0.29, 0.717) is 23.9 Å². The van der Waals surface area contributed by atoms with Gasteiger partial charge >= 0.3 is 0 Å². The van der Waals surface area contributed by atoms with Crippen molar-refractivity contribution in [2.45, 2.75) is 32.0 Å². The van der Waals surface area contributed by atoms with E-state index in [1.165, 1.54) is 18.9 Å². The van der Waals surface area contributed by atoms with E-state index < -0.39 is 5.82 Å². The van der Waals surface area contributed by atoms with Crippen LogP contribution in [0.3, 0.4) is 0 Å². The molecule has 0 atom stereocenters. The van der Waals surface area contributed by atoms with Crippen LogP contribution in [0.4, 0.5) is 4.39 Å². The summed E-state index contributed by atoms with van der Waals surface area (Å²) >= 11 is 0. The predicted molar refractivity (Wildman–Crippen MR) is 78.7 cm³/mol. The lowest BCUT2D eigenvalue weighted by Crippen LogP contribution is -2.15. The monoisotopic (exact) mass is 287 g/mol. The molecule has 1 fully saturated rings. The molecule has 4 heteroatoms. The number of ether oxygens (including phenoxy) is 1. The van der Waals surface area contributed by atoms with E-state index in [1.807, 2.05) is 6.07 Å². The number of hydrogen-bond donors (Lipinski definition) is 2. The molecule has 0 spiro atoms. The van der Waals surface area contributed by atoms with Crippen molar-refractivity contribution < 1.29 is 14.2 Å². The molecule has 110 valence electrons. The Labute approximate surface area is 123 Å². The Hall–Kier alpha value is -1.91. The molecule has 2 N–H and O–H groups in total. The molecule has 0 amide bonds. The largest absolute Gasteiger partial charge is 0.454 e. The molecule has 0 saturated heterocycles. The van der Waals surface area contributed by atoms with E-state index in [9.17, 15) is 9.50 Å². The molecule has 0 aliphatic heterocycles. The van der Waals surface area contributed by atoms with Crippen molar-refractivity contribution in [2.24, 2.45) is 0 Å². The van der Waals surface area contributed by atoms with Crippen LogP contribution in [0.2, 0.25) is 0 Å². The second-order valence-electron chi connectivity index (χ2n) is 5.29. The van der Waals surface area contributed by atoms with Gasteiger partial charge in [-0.1, -0.05) is 24.3 Å². The SMILES string of the molecule is OCc1ccccc1Oc1ccc(CNC2CC2)cc1F. The smallest absolute Gasteiger partial charge is 0.166 e. The van der Waals surface area contributed by atoms with Crippen molar-refractivity contribution >= 4 is 0 Å². The summed E-state index contributed by atoms with van der Waals surface area (Å²) in [5, 5.41) is 12.6. The van der Waals surface area contributed by atoms with E-state index in [-0.39, 0.29) is 12.4 Å². The fourth-order valence-corrected chi connectivity index (χ4v) is 2.14. The van der Waals surface area contributed by atoms with E-state index in [1.54, 1.807) is 30.3 Å². The minimum absolute atomic E-state index is 0.138. The Balaban J connectivity index is 1.72. The molecule has 3 rings (SSSR count). The minimum atomic E-state index is -0.391. The summed E-state index contributed by atoms with van der Waals surface area (Å²) in [6, 6.07) is 12.6. The number of hydrogen-bond acceptors (Lipinski definition) is 3. The van der Waals surface area contributed by atoms with Crippen molar-refractivity contribution in [3.05, 3.63) is 59.4 Å². The summed E-state index contributed by atoms with van der Waals surface area (Å²) in [5.41, 5.74) is 1.54. The summed E-state index contributed by atoms with van der Waals surface area (Å²) in [5.74, 6) is 0.256. The molecule has 1 saturated carbocycles. The topological polar surface area (TPSA) is 41.5 Å². The molecule has 2 aromatic carbocycles. The highest BCUT2D eigenvalue weighted by molar-refractivity contribution is 5.39. The number of benzene rings is 2. The maximum absolute atomic E-state index is 14.1. The Bertz CT molecular complexity index is 626. The fourth-order valence-electron chi connectivity index (χ4n) is 2.14. The van der Waals surface area contributed by atoms with E-state index in [4.69, 9.17) is 4.74 Å². The number of para-hydroxylation sites is 1. The zero-order valence-electron chi connectivity index (χ0n) is 11.7. The quantitative estimate of drug-likeness (QED) is 0.856. The van der Waals surface area contributed by atoms with Crippen molar-refractivity contribution in [2.75, 3.05) is 0 Å². The molecule has 0 bridgehead atoms. The van der Waals surface area contributed by atoms with Crippen LogP contribution >= 0.6 is 0 Å². The van der Waals surface area contributed by atoms with Crippen molar-refractivity contribution in [1.29, 1.82) is 0 Å². The number of rotatable bonds is 6. The lowest BCUT2D eigenvalue weighted by atomic mass is 10.2. The van der Waals surface area contributed by atoms with Gasteiger partial charge < -0.3 is 15.2 Å². The maximum atomic E-state index is 14.1. The van der Waals surface area contributed by atoms with Gasteiger partial charge in [0, 0.05) is 18.2 Å². The zero-order valence-corrected chi connectivity index (χ0v) is 11.7. The van der Waals surface area contributed by atoms with Crippen LogP contribution in [0.5, 0.6) is 11.5 Å². The third kappa shape index (κ3) is 3.60. The standard InChI is InChI=1S/C17H18FNO2/c18-15-9-12(10-19-14-6-7-14)5-8-17(15)21-16-4-2-1-3-13(16)11-20/h1-5,8-9,14,19-20H,6-7,10-11H2. The second-order valence-corrected chi connectivity index (χ2v) is 5.29. The zero-order chi connectivity index (χ0) is 14.7. The van der Waals surface area contributed by atoms with Crippen LogP contribution in [0.1, 0.15) is 24.0 Å². The van der Waals surface area contributed by atoms with Gasteiger partial charge in [-0.05, 0) is 36.6 Å².